The minimum absolute atomic E-state index is 0.0139. The molecule has 182 valence electrons. The van der Waals surface area contributed by atoms with Crippen LogP contribution in [0.4, 0.5) is 5.82 Å². The highest BCUT2D eigenvalue weighted by atomic mass is 35.5. The molecule has 0 radical (unpaired) electrons. The highest BCUT2D eigenvalue weighted by molar-refractivity contribution is 6.36. The maximum atomic E-state index is 13.1. The molecule has 0 aliphatic heterocycles. The van der Waals surface area contributed by atoms with Crippen LogP contribution in [0.25, 0.3) is 17.1 Å². The molecule has 1 N–H and O–H groups in total. The number of hydrogen-bond donors (Lipinski definition) is 1. The number of anilines is 1. The molecule has 0 saturated heterocycles. The Labute approximate surface area is 215 Å². The van der Waals surface area contributed by atoms with E-state index in [0.29, 0.717) is 40.2 Å². The van der Waals surface area contributed by atoms with Gasteiger partial charge in [-0.2, -0.15) is 0 Å². The Morgan fingerprint density at radius 1 is 1.11 bits per heavy atom. The minimum Gasteiger partial charge on any atom is -0.324 e. The lowest BCUT2D eigenvalue weighted by atomic mass is 9.85. The third-order valence-electron chi connectivity index (χ3n) is 7.16. The number of rotatable bonds is 8. The van der Waals surface area contributed by atoms with Crippen molar-refractivity contribution in [3.05, 3.63) is 101 Å². The van der Waals surface area contributed by atoms with E-state index in [1.807, 2.05) is 47.0 Å². The summed E-state index contributed by atoms with van der Waals surface area (Å²) in [6.45, 7) is 3.98. The molecule has 1 fully saturated rings. The summed E-state index contributed by atoms with van der Waals surface area (Å²) in [5.74, 6) is 1.18. The molecule has 1 saturated carbocycles. The number of halogens is 1. The van der Waals surface area contributed by atoms with Crippen molar-refractivity contribution in [2.24, 2.45) is 5.92 Å². The Hall–Kier alpha value is -3.70. The molecule has 0 bridgehead atoms. The average molecular weight is 498 g/mol. The van der Waals surface area contributed by atoms with Gasteiger partial charge in [-0.15, -0.1) is 0 Å². The molecule has 4 aromatic rings. The zero-order valence-corrected chi connectivity index (χ0v) is 20.7. The van der Waals surface area contributed by atoms with Crippen molar-refractivity contribution in [2.75, 3.05) is 5.32 Å². The van der Waals surface area contributed by atoms with Crippen LogP contribution in [0.1, 0.15) is 59.5 Å². The number of fused-ring (bicyclic) bond motifs is 1. The third kappa shape index (κ3) is 4.84. The first-order valence-corrected chi connectivity index (χ1v) is 12.7. The molecule has 2 aromatic heterocycles. The smallest absolute Gasteiger partial charge is 0.225 e. The van der Waals surface area contributed by atoms with Crippen molar-refractivity contribution in [3.8, 4) is 0 Å². The van der Waals surface area contributed by atoms with Crippen LogP contribution in [0.5, 0.6) is 0 Å². The normalized spacial score (nSPS) is 17.2. The molecule has 2 aromatic carbocycles. The lowest BCUT2D eigenvalue weighted by Gasteiger charge is -2.19. The van der Waals surface area contributed by atoms with Gasteiger partial charge in [-0.3, -0.25) is 9.59 Å². The van der Waals surface area contributed by atoms with E-state index in [1.165, 1.54) is 5.56 Å². The molecule has 6 heteroatoms. The largest absolute Gasteiger partial charge is 0.324 e. The van der Waals surface area contributed by atoms with Gasteiger partial charge in [0.25, 0.3) is 0 Å². The van der Waals surface area contributed by atoms with Crippen LogP contribution in [0.3, 0.4) is 0 Å². The minimum atomic E-state index is -0.0986. The van der Waals surface area contributed by atoms with Gasteiger partial charge in [-0.1, -0.05) is 61.0 Å². The topological polar surface area (TPSA) is 64.0 Å². The van der Waals surface area contributed by atoms with Crippen molar-refractivity contribution in [3.63, 3.8) is 0 Å². The van der Waals surface area contributed by atoms with Crippen LogP contribution >= 0.6 is 11.6 Å². The summed E-state index contributed by atoms with van der Waals surface area (Å²) in [5.41, 5.74) is 3.22. The van der Waals surface area contributed by atoms with Gasteiger partial charge in [0.15, 0.2) is 5.78 Å². The van der Waals surface area contributed by atoms with Gasteiger partial charge in [0, 0.05) is 41.5 Å². The molecule has 2 atom stereocenters. The highest BCUT2D eigenvalue weighted by Gasteiger charge is 2.31. The first-order chi connectivity index (χ1) is 17.5. The summed E-state index contributed by atoms with van der Waals surface area (Å²) >= 11 is 6.68. The second-order valence-corrected chi connectivity index (χ2v) is 9.73. The van der Waals surface area contributed by atoms with Gasteiger partial charge in [0.1, 0.15) is 5.82 Å². The van der Waals surface area contributed by atoms with Crippen LogP contribution in [-0.4, -0.2) is 21.2 Å². The number of pyridine rings is 1. The number of aromatic nitrogens is 2. The van der Waals surface area contributed by atoms with Gasteiger partial charge in [0.05, 0.1) is 10.5 Å². The summed E-state index contributed by atoms with van der Waals surface area (Å²) < 4.78 is 1.98. The molecule has 2 heterocycles. The SMILES string of the molecule is C=Cn1cc(C2CCCC2CCC(=O)Nc2ccccn2)c2cc(Cl)c(C(=O)c3ccccc3)cc21. The van der Waals surface area contributed by atoms with E-state index in [1.54, 1.807) is 30.6 Å². The van der Waals surface area contributed by atoms with Crippen LogP contribution < -0.4 is 5.32 Å². The lowest BCUT2D eigenvalue weighted by molar-refractivity contribution is -0.116. The van der Waals surface area contributed by atoms with Gasteiger partial charge in [0.2, 0.25) is 5.91 Å². The number of carbonyl (C=O) groups is 2. The van der Waals surface area contributed by atoms with Crippen LogP contribution in [0.15, 0.2) is 79.6 Å². The number of carbonyl (C=O) groups excluding carboxylic acids is 2. The van der Waals surface area contributed by atoms with Gasteiger partial charge >= 0.3 is 0 Å². The second kappa shape index (κ2) is 10.5. The monoisotopic (exact) mass is 497 g/mol. The molecule has 0 spiro atoms. The number of amides is 1. The van der Waals surface area contributed by atoms with Gasteiger partial charge in [-0.05, 0) is 60.9 Å². The van der Waals surface area contributed by atoms with Crippen molar-refractivity contribution < 1.29 is 9.59 Å². The predicted octanol–water partition coefficient (Wildman–Crippen LogP) is 7.32. The van der Waals surface area contributed by atoms with Gasteiger partial charge in [-0.25, -0.2) is 4.98 Å². The number of benzene rings is 2. The molecule has 1 aliphatic carbocycles. The summed E-state index contributed by atoms with van der Waals surface area (Å²) in [4.78, 5) is 29.8. The van der Waals surface area contributed by atoms with Gasteiger partial charge < -0.3 is 9.88 Å². The molecule has 1 aliphatic rings. The lowest BCUT2D eigenvalue weighted by Crippen LogP contribution is -2.15. The Morgan fingerprint density at radius 2 is 1.92 bits per heavy atom. The van der Waals surface area contributed by atoms with E-state index in [-0.39, 0.29) is 11.7 Å². The molecule has 2 unspecified atom stereocenters. The van der Waals surface area contributed by atoms with Crippen LogP contribution in [0, 0.1) is 5.92 Å². The van der Waals surface area contributed by atoms with Crippen LogP contribution in [0.2, 0.25) is 5.02 Å². The maximum absolute atomic E-state index is 13.1. The number of hydrogen-bond acceptors (Lipinski definition) is 3. The van der Waals surface area contributed by atoms with E-state index in [4.69, 9.17) is 11.6 Å². The quantitative estimate of drug-likeness (QED) is 0.259. The fourth-order valence-corrected chi connectivity index (χ4v) is 5.66. The van der Waals surface area contributed by atoms with Crippen molar-refractivity contribution in [2.45, 2.75) is 38.0 Å². The van der Waals surface area contributed by atoms with Crippen molar-refractivity contribution in [1.29, 1.82) is 0 Å². The van der Waals surface area contributed by atoms with Crippen molar-refractivity contribution in [1.82, 2.24) is 9.55 Å². The average Bonchev–Trinajstić information content (AvgIpc) is 3.51. The first-order valence-electron chi connectivity index (χ1n) is 12.3. The Morgan fingerprint density at radius 3 is 2.67 bits per heavy atom. The van der Waals surface area contributed by atoms with Crippen LogP contribution in [-0.2, 0) is 4.79 Å². The zero-order valence-electron chi connectivity index (χ0n) is 20.0. The molecular formula is C30H28ClN3O2. The molecule has 36 heavy (non-hydrogen) atoms. The Balaban J connectivity index is 1.40. The molecule has 5 rings (SSSR count). The van der Waals surface area contributed by atoms with E-state index in [0.717, 1.165) is 36.6 Å². The summed E-state index contributed by atoms with van der Waals surface area (Å²) in [5, 5.41) is 4.37. The zero-order chi connectivity index (χ0) is 25.1. The summed E-state index contributed by atoms with van der Waals surface area (Å²) in [7, 11) is 0. The Bertz CT molecular complexity index is 1410. The van der Waals surface area contributed by atoms with Crippen molar-refractivity contribution >= 4 is 46.2 Å². The molecule has 5 nitrogen and oxygen atoms in total. The summed E-state index contributed by atoms with van der Waals surface area (Å²) in [6.07, 6.45) is 10.1. The molecular weight excluding hydrogens is 470 g/mol. The third-order valence-corrected chi connectivity index (χ3v) is 7.48. The van der Waals surface area contributed by atoms with E-state index >= 15 is 0 Å². The summed E-state index contributed by atoms with van der Waals surface area (Å²) in [6, 6.07) is 18.5. The number of nitrogens with one attached hydrogen (secondary N) is 1. The number of nitrogens with zero attached hydrogens (tertiary/aromatic N) is 2. The Kier molecular flexibility index (Phi) is 7.01. The standard InChI is InChI=1S/C30H28ClN3O2/c1-2-34-19-25(22-12-8-11-20(22)14-15-29(35)33-28-13-6-7-16-32-28)23-17-26(31)24(18-27(23)34)30(36)21-9-4-3-5-10-21/h2-7,9-10,13,16-20,22H,1,8,11-12,14-15H2,(H,32,33,35). The van der Waals surface area contributed by atoms with E-state index < -0.39 is 0 Å². The first kappa shape index (κ1) is 24.0. The van der Waals surface area contributed by atoms with E-state index in [2.05, 4.69) is 23.1 Å². The second-order valence-electron chi connectivity index (χ2n) is 9.32. The predicted molar refractivity (Wildman–Crippen MR) is 145 cm³/mol. The fraction of sp³-hybridized carbons (Fsp3) is 0.233. The maximum Gasteiger partial charge on any atom is 0.225 e. The highest BCUT2D eigenvalue weighted by Crippen LogP contribution is 2.45. The fourth-order valence-electron chi connectivity index (χ4n) is 5.41. The van der Waals surface area contributed by atoms with E-state index in [9.17, 15) is 9.59 Å². The number of ketones is 1. The molecule has 1 amide bonds.